The summed E-state index contributed by atoms with van der Waals surface area (Å²) in [5.41, 5.74) is 1.60. The summed E-state index contributed by atoms with van der Waals surface area (Å²) < 4.78 is 0.862. The van der Waals surface area contributed by atoms with Crippen molar-refractivity contribution in [2.45, 2.75) is 12.8 Å². The van der Waals surface area contributed by atoms with Crippen molar-refractivity contribution in [2.24, 2.45) is 5.92 Å². The molecule has 0 spiro atoms. The number of nitrogens with one attached hydrogen (secondary N) is 1. The zero-order valence-corrected chi connectivity index (χ0v) is 17.0. The first kappa shape index (κ1) is 19.6. The maximum absolute atomic E-state index is 12.5. The SMILES string of the molecule is O=C(Nc1ccc(Br)cc1Cl)C1CCN(C(=O)/C=C/c2ccccc2)CC1. The van der Waals surface area contributed by atoms with Crippen LogP contribution in [0.1, 0.15) is 18.4 Å². The van der Waals surface area contributed by atoms with Gasteiger partial charge in [-0.15, -0.1) is 0 Å². The molecule has 1 aliphatic rings. The van der Waals surface area contributed by atoms with E-state index in [0.29, 0.717) is 36.6 Å². The number of carbonyl (C=O) groups excluding carboxylic acids is 2. The van der Waals surface area contributed by atoms with Crippen molar-refractivity contribution in [1.82, 2.24) is 4.90 Å². The maximum Gasteiger partial charge on any atom is 0.246 e. The molecule has 2 aromatic carbocycles. The van der Waals surface area contributed by atoms with E-state index in [1.807, 2.05) is 42.5 Å². The number of halogens is 2. The fourth-order valence-electron chi connectivity index (χ4n) is 3.02. The van der Waals surface area contributed by atoms with E-state index in [0.717, 1.165) is 10.0 Å². The largest absolute Gasteiger partial charge is 0.339 e. The highest BCUT2D eigenvalue weighted by atomic mass is 79.9. The molecular weight excluding hydrogens is 428 g/mol. The quantitative estimate of drug-likeness (QED) is 0.671. The molecule has 0 bridgehead atoms. The lowest BCUT2D eigenvalue weighted by molar-refractivity contribution is -0.130. The fourth-order valence-corrected chi connectivity index (χ4v) is 3.75. The van der Waals surface area contributed by atoms with Crippen molar-refractivity contribution in [2.75, 3.05) is 18.4 Å². The van der Waals surface area contributed by atoms with Crippen molar-refractivity contribution in [1.29, 1.82) is 0 Å². The second-order valence-corrected chi connectivity index (χ2v) is 7.78. The Morgan fingerprint density at radius 3 is 2.48 bits per heavy atom. The van der Waals surface area contributed by atoms with E-state index in [4.69, 9.17) is 11.6 Å². The van der Waals surface area contributed by atoms with Crippen LogP contribution in [0.2, 0.25) is 5.02 Å². The molecule has 1 heterocycles. The van der Waals surface area contributed by atoms with Gasteiger partial charge in [-0.1, -0.05) is 57.9 Å². The minimum Gasteiger partial charge on any atom is -0.339 e. The topological polar surface area (TPSA) is 49.4 Å². The number of hydrogen-bond donors (Lipinski definition) is 1. The van der Waals surface area contributed by atoms with E-state index < -0.39 is 0 Å². The highest BCUT2D eigenvalue weighted by Gasteiger charge is 2.26. The number of likely N-dealkylation sites (tertiary alicyclic amines) is 1. The van der Waals surface area contributed by atoms with Crippen molar-refractivity contribution >= 4 is 51.1 Å². The van der Waals surface area contributed by atoms with Crippen LogP contribution in [0, 0.1) is 5.92 Å². The van der Waals surface area contributed by atoms with Crippen LogP contribution in [0.5, 0.6) is 0 Å². The molecule has 1 N–H and O–H groups in total. The molecular formula is C21H20BrClN2O2. The Hall–Kier alpha value is -2.11. The zero-order valence-electron chi connectivity index (χ0n) is 14.7. The van der Waals surface area contributed by atoms with Crippen molar-refractivity contribution in [3.05, 3.63) is 69.7 Å². The summed E-state index contributed by atoms with van der Waals surface area (Å²) in [7, 11) is 0. The number of piperidine rings is 1. The molecule has 6 heteroatoms. The smallest absolute Gasteiger partial charge is 0.246 e. The third-order valence-electron chi connectivity index (χ3n) is 4.58. The Bertz CT molecular complexity index is 847. The summed E-state index contributed by atoms with van der Waals surface area (Å²) in [4.78, 5) is 26.6. The Labute approximate surface area is 172 Å². The molecule has 0 aromatic heterocycles. The van der Waals surface area contributed by atoms with E-state index in [1.54, 1.807) is 23.1 Å². The molecule has 2 aromatic rings. The summed E-state index contributed by atoms with van der Waals surface area (Å²) in [6.07, 6.45) is 4.70. The highest BCUT2D eigenvalue weighted by Crippen LogP contribution is 2.27. The molecule has 2 amide bonds. The molecule has 4 nitrogen and oxygen atoms in total. The Kier molecular flexibility index (Phi) is 6.69. The van der Waals surface area contributed by atoms with E-state index in [2.05, 4.69) is 21.2 Å². The third-order valence-corrected chi connectivity index (χ3v) is 5.39. The molecule has 0 atom stereocenters. The second-order valence-electron chi connectivity index (χ2n) is 6.46. The van der Waals surface area contributed by atoms with E-state index in [1.165, 1.54) is 0 Å². The monoisotopic (exact) mass is 446 g/mol. The summed E-state index contributed by atoms with van der Waals surface area (Å²) in [5.74, 6) is -0.188. The summed E-state index contributed by atoms with van der Waals surface area (Å²) >= 11 is 9.50. The van der Waals surface area contributed by atoms with Crippen molar-refractivity contribution < 1.29 is 9.59 Å². The summed E-state index contributed by atoms with van der Waals surface area (Å²) in [5, 5.41) is 3.39. The molecule has 0 radical (unpaired) electrons. The minimum absolute atomic E-state index is 0.0198. The lowest BCUT2D eigenvalue weighted by Crippen LogP contribution is -2.40. The van der Waals surface area contributed by atoms with Gasteiger partial charge in [0.05, 0.1) is 10.7 Å². The lowest BCUT2D eigenvalue weighted by Gasteiger charge is -2.30. The van der Waals surface area contributed by atoms with Crippen LogP contribution in [0.4, 0.5) is 5.69 Å². The van der Waals surface area contributed by atoms with Crippen LogP contribution in [0.3, 0.4) is 0 Å². The highest BCUT2D eigenvalue weighted by molar-refractivity contribution is 9.10. The van der Waals surface area contributed by atoms with Crippen molar-refractivity contribution in [3.63, 3.8) is 0 Å². The number of rotatable bonds is 4. The first-order valence-corrected chi connectivity index (χ1v) is 9.98. The lowest BCUT2D eigenvalue weighted by atomic mass is 9.95. The van der Waals surface area contributed by atoms with Crippen molar-refractivity contribution in [3.8, 4) is 0 Å². The van der Waals surface area contributed by atoms with Gasteiger partial charge < -0.3 is 10.2 Å². The van der Waals surface area contributed by atoms with Crippen LogP contribution in [0.25, 0.3) is 6.08 Å². The van der Waals surface area contributed by atoms with E-state index in [-0.39, 0.29) is 17.7 Å². The molecule has 27 heavy (non-hydrogen) atoms. The number of hydrogen-bond acceptors (Lipinski definition) is 2. The molecule has 3 rings (SSSR count). The average molecular weight is 448 g/mol. The van der Waals surface area contributed by atoms with E-state index in [9.17, 15) is 9.59 Å². The van der Waals surface area contributed by atoms with Gasteiger partial charge >= 0.3 is 0 Å². The van der Waals surface area contributed by atoms with Gasteiger partial charge in [0.2, 0.25) is 11.8 Å². The Balaban J connectivity index is 1.51. The third kappa shape index (κ3) is 5.44. The normalized spacial score (nSPS) is 15.1. The molecule has 1 aliphatic heterocycles. The Morgan fingerprint density at radius 1 is 1.11 bits per heavy atom. The molecule has 0 aliphatic carbocycles. The summed E-state index contributed by atoms with van der Waals surface area (Å²) in [6.45, 7) is 1.15. The first-order valence-electron chi connectivity index (χ1n) is 8.81. The number of benzene rings is 2. The summed E-state index contributed by atoms with van der Waals surface area (Å²) in [6, 6.07) is 15.1. The van der Waals surface area contributed by atoms with Gasteiger partial charge in [-0.3, -0.25) is 9.59 Å². The van der Waals surface area contributed by atoms with Crippen LogP contribution in [-0.4, -0.2) is 29.8 Å². The van der Waals surface area contributed by atoms with Crippen LogP contribution < -0.4 is 5.32 Å². The number of anilines is 1. The molecule has 1 fully saturated rings. The van der Waals surface area contributed by atoms with Gasteiger partial charge in [-0.25, -0.2) is 0 Å². The number of nitrogens with zero attached hydrogens (tertiary/aromatic N) is 1. The molecule has 1 saturated heterocycles. The number of carbonyl (C=O) groups is 2. The van der Waals surface area contributed by atoms with Gasteiger partial charge in [0.1, 0.15) is 0 Å². The predicted molar refractivity (Wildman–Crippen MR) is 113 cm³/mol. The standard InChI is InChI=1S/C21H20BrClN2O2/c22-17-7-8-19(18(23)14-17)24-21(27)16-10-12-25(13-11-16)20(26)9-6-15-4-2-1-3-5-15/h1-9,14,16H,10-13H2,(H,24,27)/b9-6+. The van der Waals surface area contributed by atoms with Crippen LogP contribution in [0.15, 0.2) is 59.1 Å². The molecule has 140 valence electrons. The average Bonchev–Trinajstić information content (AvgIpc) is 2.69. The molecule has 0 saturated carbocycles. The van der Waals surface area contributed by atoms with Gasteiger partial charge in [0.15, 0.2) is 0 Å². The zero-order chi connectivity index (χ0) is 19.2. The Morgan fingerprint density at radius 2 is 1.81 bits per heavy atom. The van der Waals surface area contributed by atoms with E-state index >= 15 is 0 Å². The van der Waals surface area contributed by atoms with Crippen LogP contribution >= 0.6 is 27.5 Å². The van der Waals surface area contributed by atoms with Gasteiger partial charge in [0, 0.05) is 29.6 Å². The minimum atomic E-state index is -0.119. The number of amides is 2. The maximum atomic E-state index is 12.5. The molecule has 0 unspecified atom stereocenters. The fraction of sp³-hybridized carbons (Fsp3) is 0.238. The first-order chi connectivity index (χ1) is 13.0. The van der Waals surface area contributed by atoms with Gasteiger partial charge in [-0.05, 0) is 42.7 Å². The van der Waals surface area contributed by atoms with Gasteiger partial charge in [0.25, 0.3) is 0 Å². The van der Waals surface area contributed by atoms with Crippen LogP contribution in [-0.2, 0) is 9.59 Å². The van der Waals surface area contributed by atoms with Gasteiger partial charge in [-0.2, -0.15) is 0 Å². The second kappa shape index (κ2) is 9.20. The predicted octanol–water partition coefficient (Wildman–Crippen LogP) is 4.99.